The van der Waals surface area contributed by atoms with Crippen LogP contribution >= 0.6 is 11.7 Å². The summed E-state index contributed by atoms with van der Waals surface area (Å²) in [6.07, 6.45) is 1.71. The number of para-hydroxylation sites is 1. The molecule has 0 aliphatic heterocycles. The number of aromatic nitrogens is 2. The van der Waals surface area contributed by atoms with Gasteiger partial charge < -0.3 is 5.32 Å². The third kappa shape index (κ3) is 1.60. The molecule has 12 heavy (non-hydrogen) atoms. The Kier molecular flexibility index (Phi) is 2.00. The van der Waals surface area contributed by atoms with Crippen LogP contribution < -0.4 is 5.32 Å². The molecule has 0 bridgehead atoms. The fourth-order valence-electron chi connectivity index (χ4n) is 0.889. The van der Waals surface area contributed by atoms with Crippen LogP contribution in [0.3, 0.4) is 0 Å². The molecule has 0 radical (unpaired) electrons. The summed E-state index contributed by atoms with van der Waals surface area (Å²) >= 11 is 1.20. The predicted molar refractivity (Wildman–Crippen MR) is 49.6 cm³/mol. The SMILES string of the molecule is c1ccc(Nc2cnsn2)cc1. The average molecular weight is 177 g/mol. The Morgan fingerprint density at radius 2 is 2.00 bits per heavy atom. The van der Waals surface area contributed by atoms with Crippen molar-refractivity contribution in [1.29, 1.82) is 0 Å². The summed E-state index contributed by atoms with van der Waals surface area (Å²) in [4.78, 5) is 0. The van der Waals surface area contributed by atoms with Crippen LogP contribution in [0.25, 0.3) is 0 Å². The topological polar surface area (TPSA) is 37.8 Å². The summed E-state index contributed by atoms with van der Waals surface area (Å²) in [6, 6.07) is 9.90. The van der Waals surface area contributed by atoms with Gasteiger partial charge in [0.25, 0.3) is 0 Å². The quantitative estimate of drug-likeness (QED) is 0.764. The molecule has 1 aromatic heterocycles. The molecule has 1 N–H and O–H groups in total. The zero-order chi connectivity index (χ0) is 8.23. The molecule has 0 saturated heterocycles. The Hall–Kier alpha value is -1.42. The number of nitrogens with zero attached hydrogens (tertiary/aromatic N) is 2. The molecule has 0 atom stereocenters. The van der Waals surface area contributed by atoms with Gasteiger partial charge in [-0.2, -0.15) is 8.75 Å². The van der Waals surface area contributed by atoms with Crippen molar-refractivity contribution in [2.24, 2.45) is 0 Å². The van der Waals surface area contributed by atoms with Gasteiger partial charge in [-0.25, -0.2) is 0 Å². The number of hydrogen-bond donors (Lipinski definition) is 1. The lowest BCUT2D eigenvalue weighted by molar-refractivity contribution is 1.45. The summed E-state index contributed by atoms with van der Waals surface area (Å²) in [6.45, 7) is 0. The fraction of sp³-hybridized carbons (Fsp3) is 0. The van der Waals surface area contributed by atoms with E-state index in [-0.39, 0.29) is 0 Å². The highest BCUT2D eigenvalue weighted by Crippen LogP contribution is 2.12. The van der Waals surface area contributed by atoms with Crippen molar-refractivity contribution >= 4 is 23.2 Å². The molecule has 2 rings (SSSR count). The van der Waals surface area contributed by atoms with Crippen molar-refractivity contribution in [3.05, 3.63) is 36.5 Å². The second-order valence-corrected chi connectivity index (χ2v) is 2.84. The van der Waals surface area contributed by atoms with Crippen LogP contribution in [0.15, 0.2) is 36.5 Å². The normalized spacial score (nSPS) is 9.67. The van der Waals surface area contributed by atoms with Gasteiger partial charge in [0.15, 0.2) is 5.82 Å². The van der Waals surface area contributed by atoms with Crippen molar-refractivity contribution in [1.82, 2.24) is 8.75 Å². The molecule has 0 aliphatic rings. The highest BCUT2D eigenvalue weighted by atomic mass is 32.1. The van der Waals surface area contributed by atoms with Gasteiger partial charge in [-0.15, -0.1) is 0 Å². The summed E-state index contributed by atoms with van der Waals surface area (Å²) in [5, 5.41) is 3.12. The molecular formula is C8H7N3S. The smallest absolute Gasteiger partial charge is 0.164 e. The zero-order valence-corrected chi connectivity index (χ0v) is 7.08. The van der Waals surface area contributed by atoms with Crippen LogP contribution in [0, 0.1) is 0 Å². The van der Waals surface area contributed by atoms with E-state index in [0.717, 1.165) is 11.5 Å². The minimum absolute atomic E-state index is 0.797. The first kappa shape index (κ1) is 7.24. The van der Waals surface area contributed by atoms with E-state index in [1.54, 1.807) is 6.20 Å². The molecule has 1 aromatic carbocycles. The van der Waals surface area contributed by atoms with Crippen LogP contribution in [0.4, 0.5) is 11.5 Å². The van der Waals surface area contributed by atoms with Gasteiger partial charge in [-0.3, -0.25) is 0 Å². The van der Waals surface area contributed by atoms with Crippen molar-refractivity contribution in [2.45, 2.75) is 0 Å². The van der Waals surface area contributed by atoms with Crippen molar-refractivity contribution in [3.63, 3.8) is 0 Å². The minimum Gasteiger partial charge on any atom is -0.338 e. The largest absolute Gasteiger partial charge is 0.338 e. The molecular weight excluding hydrogens is 170 g/mol. The van der Waals surface area contributed by atoms with E-state index in [1.807, 2.05) is 30.3 Å². The number of hydrogen-bond acceptors (Lipinski definition) is 4. The third-order valence-electron chi connectivity index (χ3n) is 1.41. The lowest BCUT2D eigenvalue weighted by Crippen LogP contribution is -1.88. The fourth-order valence-corrected chi connectivity index (χ4v) is 1.26. The van der Waals surface area contributed by atoms with Gasteiger partial charge in [0.2, 0.25) is 0 Å². The first-order chi connectivity index (χ1) is 5.95. The summed E-state index contributed by atoms with van der Waals surface area (Å²) in [7, 11) is 0. The molecule has 0 fully saturated rings. The highest BCUT2D eigenvalue weighted by molar-refractivity contribution is 6.99. The summed E-state index contributed by atoms with van der Waals surface area (Å²) in [5.74, 6) is 0.797. The molecule has 0 unspecified atom stereocenters. The Morgan fingerprint density at radius 3 is 2.67 bits per heavy atom. The molecule has 3 nitrogen and oxygen atoms in total. The van der Waals surface area contributed by atoms with Crippen LogP contribution in [-0.2, 0) is 0 Å². The monoisotopic (exact) mass is 177 g/mol. The van der Waals surface area contributed by atoms with E-state index in [4.69, 9.17) is 0 Å². The van der Waals surface area contributed by atoms with Gasteiger partial charge in [0, 0.05) is 5.69 Å². The van der Waals surface area contributed by atoms with Crippen molar-refractivity contribution in [3.8, 4) is 0 Å². The van der Waals surface area contributed by atoms with Gasteiger partial charge in [0.05, 0.1) is 17.9 Å². The summed E-state index contributed by atoms with van der Waals surface area (Å²) < 4.78 is 7.92. The second-order valence-electron chi connectivity index (χ2n) is 2.28. The van der Waals surface area contributed by atoms with E-state index in [0.29, 0.717) is 0 Å². The Labute approximate surface area is 74.4 Å². The van der Waals surface area contributed by atoms with Crippen molar-refractivity contribution in [2.75, 3.05) is 5.32 Å². The molecule has 0 spiro atoms. The molecule has 0 aliphatic carbocycles. The number of benzene rings is 1. The first-order valence-electron chi connectivity index (χ1n) is 3.55. The van der Waals surface area contributed by atoms with Gasteiger partial charge in [-0.1, -0.05) is 18.2 Å². The maximum atomic E-state index is 4.03. The summed E-state index contributed by atoms with van der Waals surface area (Å²) in [5.41, 5.74) is 1.03. The van der Waals surface area contributed by atoms with E-state index in [1.165, 1.54) is 11.7 Å². The molecule has 4 heteroatoms. The maximum Gasteiger partial charge on any atom is 0.164 e. The number of rotatable bonds is 2. The zero-order valence-electron chi connectivity index (χ0n) is 6.27. The molecule has 0 saturated carbocycles. The van der Waals surface area contributed by atoms with Crippen LogP contribution in [0.5, 0.6) is 0 Å². The first-order valence-corrected chi connectivity index (χ1v) is 4.28. The van der Waals surface area contributed by atoms with E-state index in [2.05, 4.69) is 14.1 Å². The standard InChI is InChI=1S/C8H7N3S/c1-2-4-7(5-3-1)10-8-6-9-12-11-8/h1-6H,(H,10,11). The average Bonchev–Trinajstić information content (AvgIpc) is 2.59. The maximum absolute atomic E-state index is 4.03. The Bertz CT molecular complexity index is 330. The Balaban J connectivity index is 2.15. The van der Waals surface area contributed by atoms with Crippen molar-refractivity contribution < 1.29 is 0 Å². The van der Waals surface area contributed by atoms with Gasteiger partial charge >= 0.3 is 0 Å². The molecule has 2 aromatic rings. The third-order valence-corrected chi connectivity index (χ3v) is 1.89. The van der Waals surface area contributed by atoms with E-state index >= 15 is 0 Å². The number of nitrogens with one attached hydrogen (secondary N) is 1. The molecule has 1 heterocycles. The second kappa shape index (κ2) is 3.32. The number of anilines is 2. The lowest BCUT2D eigenvalue weighted by Gasteiger charge is -1.99. The lowest BCUT2D eigenvalue weighted by atomic mass is 10.3. The minimum atomic E-state index is 0.797. The highest BCUT2D eigenvalue weighted by Gasteiger charge is 1.94. The predicted octanol–water partition coefficient (Wildman–Crippen LogP) is 2.28. The molecule has 0 amide bonds. The van der Waals surface area contributed by atoms with E-state index in [9.17, 15) is 0 Å². The van der Waals surface area contributed by atoms with Crippen LogP contribution in [-0.4, -0.2) is 8.75 Å². The van der Waals surface area contributed by atoms with Crippen LogP contribution in [0.2, 0.25) is 0 Å². The van der Waals surface area contributed by atoms with Gasteiger partial charge in [0.1, 0.15) is 0 Å². The van der Waals surface area contributed by atoms with Crippen LogP contribution in [0.1, 0.15) is 0 Å². The van der Waals surface area contributed by atoms with Gasteiger partial charge in [-0.05, 0) is 12.1 Å². The Morgan fingerprint density at radius 1 is 1.17 bits per heavy atom. The van der Waals surface area contributed by atoms with E-state index < -0.39 is 0 Å². The molecule has 60 valence electrons.